The number of carboxylic acid groups (broad SMARTS) is 1. The number of H-pyrrole nitrogens is 1. The van der Waals surface area contributed by atoms with Gasteiger partial charge in [0.15, 0.2) is 0 Å². The first-order valence-corrected chi connectivity index (χ1v) is 4.52. The first-order valence-electron chi connectivity index (χ1n) is 4.52. The number of aromatic nitrogens is 1. The number of carboxylic acids is 1. The zero-order chi connectivity index (χ0) is 9.97. The van der Waals surface area contributed by atoms with Crippen molar-refractivity contribution in [1.29, 1.82) is 0 Å². The molecule has 0 amide bonds. The zero-order valence-electron chi connectivity index (χ0n) is 8.62. The molecule has 0 atom stereocenters. The number of carbonyl (C=O) groups excluding carboxylic acids is 1. The number of aryl methyl sites for hydroxylation is 1. The van der Waals surface area contributed by atoms with Crippen molar-refractivity contribution in [3.8, 4) is 0 Å². The molecular weight excluding hydrogens is 217 g/mol. The SMILES string of the molecule is O=C([O-])CCc1cc2ccccc2[nH]1.[K+]. The molecule has 1 heterocycles. The molecule has 3 nitrogen and oxygen atoms in total. The Morgan fingerprint density at radius 1 is 1.33 bits per heavy atom. The molecule has 0 saturated heterocycles. The summed E-state index contributed by atoms with van der Waals surface area (Å²) in [7, 11) is 0. The zero-order valence-corrected chi connectivity index (χ0v) is 11.7. The van der Waals surface area contributed by atoms with Crippen LogP contribution in [-0.2, 0) is 11.2 Å². The quantitative estimate of drug-likeness (QED) is 0.608. The molecule has 1 aromatic carbocycles. The number of para-hydroxylation sites is 1. The third kappa shape index (κ3) is 3.43. The third-order valence-electron chi connectivity index (χ3n) is 2.18. The Labute approximate surface area is 130 Å². The Morgan fingerprint density at radius 2 is 2.07 bits per heavy atom. The largest absolute Gasteiger partial charge is 1.00 e. The van der Waals surface area contributed by atoms with Crippen LogP contribution in [-0.4, -0.2) is 11.0 Å². The molecule has 0 unspecified atom stereocenters. The van der Waals surface area contributed by atoms with E-state index in [0.717, 1.165) is 16.6 Å². The third-order valence-corrected chi connectivity index (χ3v) is 2.18. The molecule has 0 fully saturated rings. The summed E-state index contributed by atoms with van der Waals surface area (Å²) in [6.07, 6.45) is 0.559. The second-order valence-corrected chi connectivity index (χ2v) is 3.25. The Hall–Kier alpha value is -0.134. The van der Waals surface area contributed by atoms with Crippen molar-refractivity contribution in [1.82, 2.24) is 4.98 Å². The fourth-order valence-electron chi connectivity index (χ4n) is 1.50. The van der Waals surface area contributed by atoms with Crippen LogP contribution in [0.15, 0.2) is 30.3 Å². The van der Waals surface area contributed by atoms with E-state index in [1.54, 1.807) is 0 Å². The summed E-state index contributed by atoms with van der Waals surface area (Å²) in [4.78, 5) is 13.4. The Balaban J connectivity index is 0.00000112. The van der Waals surface area contributed by atoms with E-state index in [1.807, 2.05) is 30.3 Å². The van der Waals surface area contributed by atoms with Crippen LogP contribution in [0.1, 0.15) is 12.1 Å². The number of nitrogens with one attached hydrogen (secondary N) is 1. The van der Waals surface area contributed by atoms with Crippen LogP contribution in [0.25, 0.3) is 10.9 Å². The second-order valence-electron chi connectivity index (χ2n) is 3.25. The van der Waals surface area contributed by atoms with E-state index in [9.17, 15) is 9.90 Å². The van der Waals surface area contributed by atoms with Crippen molar-refractivity contribution in [2.45, 2.75) is 12.8 Å². The molecule has 2 rings (SSSR count). The second kappa shape index (κ2) is 5.82. The first-order chi connectivity index (χ1) is 6.75. The maximum atomic E-state index is 10.3. The van der Waals surface area contributed by atoms with Gasteiger partial charge in [0.1, 0.15) is 0 Å². The number of hydrogen-bond acceptors (Lipinski definition) is 2. The van der Waals surface area contributed by atoms with Crippen LogP contribution in [0.5, 0.6) is 0 Å². The van der Waals surface area contributed by atoms with E-state index in [0.29, 0.717) is 6.42 Å². The Morgan fingerprint density at radius 3 is 2.73 bits per heavy atom. The average molecular weight is 227 g/mol. The number of fused-ring (bicyclic) bond motifs is 1. The molecule has 72 valence electrons. The minimum Gasteiger partial charge on any atom is -0.550 e. The van der Waals surface area contributed by atoms with E-state index < -0.39 is 5.97 Å². The van der Waals surface area contributed by atoms with Crippen molar-refractivity contribution >= 4 is 16.9 Å². The molecule has 0 bridgehead atoms. The van der Waals surface area contributed by atoms with Gasteiger partial charge in [-0.25, -0.2) is 0 Å². The number of aromatic amines is 1. The number of rotatable bonds is 3. The van der Waals surface area contributed by atoms with Crippen molar-refractivity contribution in [2.75, 3.05) is 0 Å². The summed E-state index contributed by atoms with van der Waals surface area (Å²) in [6, 6.07) is 9.84. The average Bonchev–Trinajstić information content (AvgIpc) is 2.57. The molecule has 0 saturated carbocycles. The van der Waals surface area contributed by atoms with Crippen LogP contribution in [0.3, 0.4) is 0 Å². The predicted molar refractivity (Wildman–Crippen MR) is 51.6 cm³/mol. The summed E-state index contributed by atoms with van der Waals surface area (Å²) in [5.41, 5.74) is 1.98. The van der Waals surface area contributed by atoms with Gasteiger partial charge < -0.3 is 14.9 Å². The van der Waals surface area contributed by atoms with Crippen molar-refractivity contribution in [2.24, 2.45) is 0 Å². The number of carbonyl (C=O) groups is 1. The van der Waals surface area contributed by atoms with E-state index in [4.69, 9.17) is 0 Å². The van der Waals surface area contributed by atoms with Crippen LogP contribution in [0.2, 0.25) is 0 Å². The van der Waals surface area contributed by atoms with E-state index in [1.165, 1.54) is 0 Å². The van der Waals surface area contributed by atoms with Gasteiger partial charge in [-0.15, -0.1) is 0 Å². The molecule has 0 aliphatic rings. The Kier molecular flexibility index (Phi) is 5.01. The molecule has 1 N–H and O–H groups in total. The summed E-state index contributed by atoms with van der Waals surface area (Å²) >= 11 is 0. The van der Waals surface area contributed by atoms with E-state index in [-0.39, 0.29) is 57.8 Å². The van der Waals surface area contributed by atoms with Gasteiger partial charge in [-0.2, -0.15) is 0 Å². The first kappa shape index (κ1) is 12.9. The molecule has 4 heteroatoms. The fourth-order valence-corrected chi connectivity index (χ4v) is 1.50. The summed E-state index contributed by atoms with van der Waals surface area (Å²) < 4.78 is 0. The van der Waals surface area contributed by atoms with Gasteiger partial charge in [0.25, 0.3) is 0 Å². The topological polar surface area (TPSA) is 55.9 Å². The smallest absolute Gasteiger partial charge is 0.550 e. The predicted octanol–water partition coefficient (Wildman–Crippen LogP) is -2.15. The standard InChI is InChI=1S/C11H11NO2.K/c13-11(14)6-5-9-7-8-3-1-2-4-10(8)12-9;/h1-4,7,12H,5-6H2,(H,13,14);/q;+1/p-1. The van der Waals surface area contributed by atoms with E-state index >= 15 is 0 Å². The van der Waals surface area contributed by atoms with Gasteiger partial charge in [0.2, 0.25) is 0 Å². The van der Waals surface area contributed by atoms with Crippen molar-refractivity contribution < 1.29 is 61.3 Å². The Bertz CT molecular complexity index is 431. The van der Waals surface area contributed by atoms with Crippen molar-refractivity contribution in [3.63, 3.8) is 0 Å². The van der Waals surface area contributed by atoms with Crippen LogP contribution >= 0.6 is 0 Å². The molecule has 0 aliphatic carbocycles. The van der Waals surface area contributed by atoms with Gasteiger partial charge in [-0.3, -0.25) is 0 Å². The van der Waals surface area contributed by atoms with Gasteiger partial charge in [0.05, 0.1) is 0 Å². The molecular formula is C11H10KNO2. The van der Waals surface area contributed by atoms with Gasteiger partial charge in [-0.1, -0.05) is 18.2 Å². The normalized spacial score (nSPS) is 9.87. The van der Waals surface area contributed by atoms with Gasteiger partial charge in [0, 0.05) is 17.2 Å². The molecule has 1 aromatic heterocycles. The molecule has 15 heavy (non-hydrogen) atoms. The maximum absolute atomic E-state index is 10.3. The summed E-state index contributed by atoms with van der Waals surface area (Å²) in [5.74, 6) is -1.01. The monoisotopic (exact) mass is 227 g/mol. The summed E-state index contributed by atoms with van der Waals surface area (Å²) in [6.45, 7) is 0. The number of aliphatic carboxylic acids is 1. The van der Waals surface area contributed by atoms with Gasteiger partial charge in [-0.05, 0) is 30.4 Å². The minimum absolute atomic E-state index is 0. The van der Waals surface area contributed by atoms with Gasteiger partial charge >= 0.3 is 51.4 Å². The van der Waals surface area contributed by atoms with Crippen LogP contribution in [0.4, 0.5) is 0 Å². The fraction of sp³-hybridized carbons (Fsp3) is 0.182. The number of hydrogen-bond donors (Lipinski definition) is 1. The van der Waals surface area contributed by atoms with Crippen molar-refractivity contribution in [3.05, 3.63) is 36.0 Å². The number of benzene rings is 1. The minimum atomic E-state index is -1.01. The maximum Gasteiger partial charge on any atom is 1.00 e. The molecule has 0 spiro atoms. The summed E-state index contributed by atoms with van der Waals surface area (Å²) in [5, 5.41) is 11.4. The van der Waals surface area contributed by atoms with E-state index in [2.05, 4.69) is 4.98 Å². The molecule has 0 radical (unpaired) electrons. The van der Waals surface area contributed by atoms with Crippen LogP contribution < -0.4 is 56.5 Å². The molecule has 0 aliphatic heterocycles. The molecule has 2 aromatic rings. The van der Waals surface area contributed by atoms with Crippen LogP contribution in [0, 0.1) is 0 Å².